The highest BCUT2D eigenvalue weighted by Gasteiger charge is 2.26. The first-order valence-corrected chi connectivity index (χ1v) is 8.96. The summed E-state index contributed by atoms with van der Waals surface area (Å²) in [5.74, 6) is 1.10. The van der Waals surface area contributed by atoms with Gasteiger partial charge in [-0.3, -0.25) is 9.78 Å². The molecule has 0 bridgehead atoms. The number of thiophene rings is 1. The molecule has 1 aliphatic rings. The normalized spacial score (nSPS) is 15.9. The Morgan fingerprint density at radius 1 is 1.29 bits per heavy atom. The number of hydrogen-bond acceptors (Lipinski definition) is 4. The quantitative estimate of drug-likeness (QED) is 0.766. The lowest BCUT2D eigenvalue weighted by Gasteiger charge is -2.31. The molecule has 0 spiro atoms. The number of rotatable bonds is 3. The molecule has 2 aromatic heterocycles. The summed E-state index contributed by atoms with van der Waals surface area (Å²) in [6, 6.07) is 8.20. The average Bonchev–Trinajstić information content (AvgIpc) is 3.22. The van der Waals surface area contributed by atoms with Crippen molar-refractivity contribution in [2.75, 3.05) is 13.1 Å². The van der Waals surface area contributed by atoms with Gasteiger partial charge in [0.15, 0.2) is 0 Å². The van der Waals surface area contributed by atoms with Crippen LogP contribution >= 0.6 is 11.3 Å². The zero-order valence-electron chi connectivity index (χ0n) is 13.1. The molecule has 1 aliphatic heterocycles. The lowest BCUT2D eigenvalue weighted by atomic mass is 9.95. The van der Waals surface area contributed by atoms with Crippen molar-refractivity contribution >= 4 is 27.3 Å². The fraction of sp³-hybridized carbons (Fsp3) is 0.353. The molecule has 4 rings (SSSR count). The number of H-pyrrole nitrogens is 2. The van der Waals surface area contributed by atoms with Crippen LogP contribution in [0.3, 0.4) is 0 Å². The molecule has 3 aromatic rings. The predicted octanol–water partition coefficient (Wildman–Crippen LogP) is 2.26. The first-order valence-electron chi connectivity index (χ1n) is 8.08. The number of likely N-dealkylation sites (tertiary alicyclic amines) is 1. The third-order valence-corrected chi connectivity index (χ3v) is 5.67. The number of aromatic amines is 2. The molecular formula is C17H18N4O2S. The van der Waals surface area contributed by atoms with Crippen LogP contribution in [0.2, 0.25) is 0 Å². The molecule has 1 fully saturated rings. The van der Waals surface area contributed by atoms with Gasteiger partial charge in [-0.1, -0.05) is 18.2 Å². The molecule has 124 valence electrons. The lowest BCUT2D eigenvalue weighted by molar-refractivity contribution is -0.131. The molecule has 0 unspecified atom stereocenters. The summed E-state index contributed by atoms with van der Waals surface area (Å²) in [5, 5.41) is 9.68. The first kappa shape index (κ1) is 15.1. The van der Waals surface area contributed by atoms with Crippen molar-refractivity contribution in [2.24, 2.45) is 0 Å². The van der Waals surface area contributed by atoms with Gasteiger partial charge in [0.05, 0.1) is 6.42 Å². The van der Waals surface area contributed by atoms with E-state index in [-0.39, 0.29) is 17.5 Å². The van der Waals surface area contributed by atoms with E-state index in [2.05, 4.69) is 32.7 Å². The highest BCUT2D eigenvalue weighted by Crippen LogP contribution is 2.28. The standard InChI is InChI=1S/C17H18N4O2S/c22-15(9-12-10-24-14-4-2-1-3-13(12)14)21-7-5-11(6-8-21)16-18-17(23)20-19-16/h1-4,10-11H,5-9H2,(H2,18,19,20,23). The van der Waals surface area contributed by atoms with Gasteiger partial charge in [-0.15, -0.1) is 11.3 Å². The van der Waals surface area contributed by atoms with Gasteiger partial charge in [-0.25, -0.2) is 9.89 Å². The number of hydrogen-bond donors (Lipinski definition) is 2. The van der Waals surface area contributed by atoms with Crippen LogP contribution in [0.4, 0.5) is 0 Å². The van der Waals surface area contributed by atoms with Gasteiger partial charge in [-0.05, 0) is 35.2 Å². The lowest BCUT2D eigenvalue weighted by Crippen LogP contribution is -2.39. The molecule has 1 aromatic carbocycles. The van der Waals surface area contributed by atoms with Crippen molar-refractivity contribution in [1.29, 1.82) is 0 Å². The Kier molecular flexibility index (Phi) is 3.93. The second-order valence-corrected chi connectivity index (χ2v) is 7.06. The number of benzene rings is 1. The molecule has 3 heterocycles. The largest absolute Gasteiger partial charge is 0.342 e. The zero-order chi connectivity index (χ0) is 16.5. The summed E-state index contributed by atoms with van der Waals surface area (Å²) in [4.78, 5) is 28.4. The smallest absolute Gasteiger partial charge is 0.340 e. The second kappa shape index (κ2) is 6.24. The molecule has 0 saturated carbocycles. The van der Waals surface area contributed by atoms with Crippen LogP contribution in [0.1, 0.15) is 30.1 Å². The van der Waals surface area contributed by atoms with Gasteiger partial charge in [0.25, 0.3) is 0 Å². The maximum atomic E-state index is 12.6. The van der Waals surface area contributed by atoms with E-state index >= 15 is 0 Å². The fourth-order valence-corrected chi connectivity index (χ4v) is 4.29. The molecule has 2 N–H and O–H groups in total. The summed E-state index contributed by atoms with van der Waals surface area (Å²) >= 11 is 1.69. The van der Waals surface area contributed by atoms with Crippen molar-refractivity contribution in [1.82, 2.24) is 20.1 Å². The minimum Gasteiger partial charge on any atom is -0.342 e. The zero-order valence-corrected chi connectivity index (χ0v) is 13.9. The molecule has 24 heavy (non-hydrogen) atoms. The molecular weight excluding hydrogens is 324 g/mol. The Labute approximate surface area is 142 Å². The number of piperidine rings is 1. The van der Waals surface area contributed by atoms with E-state index in [4.69, 9.17) is 0 Å². The number of aromatic nitrogens is 3. The molecule has 7 heteroatoms. The fourth-order valence-electron chi connectivity index (χ4n) is 3.32. The van der Waals surface area contributed by atoms with Gasteiger partial charge in [-0.2, -0.15) is 5.10 Å². The molecule has 1 saturated heterocycles. The summed E-state index contributed by atoms with van der Waals surface area (Å²) in [6.07, 6.45) is 2.11. The summed E-state index contributed by atoms with van der Waals surface area (Å²) in [5.41, 5.74) is 0.840. The van der Waals surface area contributed by atoms with E-state index in [1.165, 1.54) is 10.1 Å². The van der Waals surface area contributed by atoms with Crippen LogP contribution in [0.5, 0.6) is 0 Å². The SMILES string of the molecule is O=C(Cc1csc2ccccc12)N1CCC(c2n[nH]c(=O)[nH]2)CC1. The molecule has 0 aliphatic carbocycles. The Morgan fingerprint density at radius 2 is 2.08 bits per heavy atom. The minimum absolute atomic E-state index is 0.174. The highest BCUT2D eigenvalue weighted by atomic mass is 32.1. The third kappa shape index (κ3) is 2.87. The maximum Gasteiger partial charge on any atom is 0.340 e. The van der Waals surface area contributed by atoms with Gasteiger partial charge >= 0.3 is 5.69 Å². The average molecular weight is 342 g/mol. The molecule has 0 radical (unpaired) electrons. The van der Waals surface area contributed by atoms with Crippen molar-refractivity contribution < 1.29 is 4.79 Å². The second-order valence-electron chi connectivity index (χ2n) is 6.15. The van der Waals surface area contributed by atoms with E-state index in [1.54, 1.807) is 11.3 Å². The highest BCUT2D eigenvalue weighted by molar-refractivity contribution is 7.17. The summed E-state index contributed by atoms with van der Waals surface area (Å²) in [6.45, 7) is 1.42. The molecule has 1 amide bonds. The van der Waals surface area contributed by atoms with E-state index < -0.39 is 0 Å². The maximum absolute atomic E-state index is 12.6. The number of nitrogens with one attached hydrogen (secondary N) is 2. The van der Waals surface area contributed by atoms with Crippen molar-refractivity contribution in [2.45, 2.75) is 25.2 Å². The van der Waals surface area contributed by atoms with Crippen LogP contribution in [0.25, 0.3) is 10.1 Å². The van der Waals surface area contributed by atoms with Crippen molar-refractivity contribution in [3.8, 4) is 0 Å². The number of fused-ring (bicyclic) bond motifs is 1. The van der Waals surface area contributed by atoms with E-state index in [0.29, 0.717) is 25.3 Å². The van der Waals surface area contributed by atoms with Crippen molar-refractivity contribution in [3.05, 3.63) is 51.5 Å². The first-order chi connectivity index (χ1) is 11.7. The Hall–Kier alpha value is -2.41. The molecule has 0 atom stereocenters. The monoisotopic (exact) mass is 342 g/mol. The van der Waals surface area contributed by atoms with Crippen molar-refractivity contribution in [3.63, 3.8) is 0 Å². The van der Waals surface area contributed by atoms with Crippen LogP contribution in [0, 0.1) is 0 Å². The summed E-state index contributed by atoms with van der Waals surface area (Å²) < 4.78 is 1.22. The van der Waals surface area contributed by atoms with Gasteiger partial charge < -0.3 is 4.90 Å². The molecule has 6 nitrogen and oxygen atoms in total. The van der Waals surface area contributed by atoms with Gasteiger partial charge in [0.2, 0.25) is 5.91 Å². The number of nitrogens with zero attached hydrogens (tertiary/aromatic N) is 2. The number of amides is 1. The number of carbonyl (C=O) groups excluding carboxylic acids is 1. The van der Waals surface area contributed by atoms with E-state index in [1.807, 2.05) is 17.0 Å². The van der Waals surface area contributed by atoms with E-state index in [9.17, 15) is 9.59 Å². The third-order valence-electron chi connectivity index (χ3n) is 4.66. The van der Waals surface area contributed by atoms with E-state index in [0.717, 1.165) is 18.4 Å². The minimum atomic E-state index is -0.271. The Balaban J connectivity index is 1.40. The number of carbonyl (C=O) groups is 1. The van der Waals surface area contributed by atoms with Gasteiger partial charge in [0.1, 0.15) is 5.82 Å². The Bertz CT molecular complexity index is 918. The van der Waals surface area contributed by atoms with Crippen LogP contribution < -0.4 is 5.69 Å². The summed E-state index contributed by atoms with van der Waals surface area (Å²) in [7, 11) is 0. The predicted molar refractivity (Wildman–Crippen MR) is 93.3 cm³/mol. The van der Waals surface area contributed by atoms with Gasteiger partial charge in [0, 0.05) is 23.7 Å². The Morgan fingerprint density at radius 3 is 2.83 bits per heavy atom. The van der Waals surface area contributed by atoms with Crippen LogP contribution in [0.15, 0.2) is 34.4 Å². The topological polar surface area (TPSA) is 81.8 Å². The van der Waals surface area contributed by atoms with Crippen LogP contribution in [-0.2, 0) is 11.2 Å². The van der Waals surface area contributed by atoms with Crippen LogP contribution in [-0.4, -0.2) is 39.1 Å².